The van der Waals surface area contributed by atoms with Crippen molar-refractivity contribution in [1.82, 2.24) is 0 Å². The summed E-state index contributed by atoms with van der Waals surface area (Å²) in [5.41, 5.74) is -0.326. The van der Waals surface area contributed by atoms with Gasteiger partial charge in [-0.05, 0) is 20.8 Å². The Morgan fingerprint density at radius 1 is 1.50 bits per heavy atom. The normalized spacial score (nSPS) is 10.0. The van der Waals surface area contributed by atoms with Gasteiger partial charge < -0.3 is 6.16 Å². The molecule has 10 heavy (non-hydrogen) atoms. The van der Waals surface area contributed by atoms with Crippen LogP contribution in [0.25, 0.3) is 0 Å². The van der Waals surface area contributed by atoms with E-state index in [1.165, 1.54) is 0 Å². The Bertz CT molecular complexity index is 109. The predicted molar refractivity (Wildman–Crippen MR) is 37.2 cm³/mol. The summed E-state index contributed by atoms with van der Waals surface area (Å²) in [4.78, 5) is 10.6. The summed E-state index contributed by atoms with van der Waals surface area (Å²) in [7, 11) is 0. The predicted octanol–water partition coefficient (Wildman–Crippen LogP) is -1.15. The van der Waals surface area contributed by atoms with Gasteiger partial charge in [-0.1, -0.05) is 6.92 Å². The Morgan fingerprint density at radius 3 is 2.00 bits per heavy atom. The molecule has 0 aliphatic carbocycles. The van der Waals surface area contributed by atoms with E-state index in [0.29, 0.717) is 6.42 Å². The molecule has 3 heteroatoms. The molecule has 0 saturated carbocycles. The minimum absolute atomic E-state index is 0. The van der Waals surface area contributed by atoms with Gasteiger partial charge in [-0.2, -0.15) is 0 Å². The third-order valence-corrected chi connectivity index (χ3v) is 0.709. The van der Waals surface area contributed by atoms with Crippen LogP contribution < -0.4 is 18.9 Å². The fourth-order valence-corrected chi connectivity index (χ4v) is 0.414. The van der Waals surface area contributed by atoms with Gasteiger partial charge in [0.2, 0.25) is 0 Å². The first-order valence-electron chi connectivity index (χ1n) is 3.17. The summed E-state index contributed by atoms with van der Waals surface area (Å²) >= 11 is 0. The standard InChI is InChI=1S/C7H14O2.Li.H/c1-5-6(8)9-7(2,3)4;;/h5H2,1-4H3;;/q;+1;-1. The zero-order valence-electron chi connectivity index (χ0n) is 8.52. The Morgan fingerprint density at radius 2 is 1.90 bits per heavy atom. The van der Waals surface area contributed by atoms with Gasteiger partial charge in [-0.25, -0.2) is 0 Å². The molecule has 0 aliphatic rings. The molecule has 0 unspecified atom stereocenters. The molecule has 0 atom stereocenters. The molecular weight excluding hydrogens is 123 g/mol. The quantitative estimate of drug-likeness (QED) is 0.338. The molecule has 0 fully saturated rings. The van der Waals surface area contributed by atoms with E-state index in [2.05, 4.69) is 0 Å². The zero-order valence-corrected chi connectivity index (χ0v) is 7.52. The number of esters is 1. The molecule has 0 aliphatic heterocycles. The van der Waals surface area contributed by atoms with Gasteiger partial charge in [0.05, 0.1) is 0 Å². The molecule has 0 aromatic rings. The van der Waals surface area contributed by atoms with Gasteiger partial charge >= 0.3 is 24.8 Å². The van der Waals surface area contributed by atoms with Crippen LogP contribution in [0.4, 0.5) is 0 Å². The first-order valence-corrected chi connectivity index (χ1v) is 3.17. The fraction of sp³-hybridized carbons (Fsp3) is 0.857. The maximum Gasteiger partial charge on any atom is 1.00 e. The summed E-state index contributed by atoms with van der Waals surface area (Å²) in [5, 5.41) is 0. The van der Waals surface area contributed by atoms with E-state index in [1.807, 2.05) is 20.8 Å². The van der Waals surface area contributed by atoms with Gasteiger partial charge in [0, 0.05) is 6.42 Å². The van der Waals surface area contributed by atoms with Crippen LogP contribution in [0.3, 0.4) is 0 Å². The Labute approximate surface area is 76.0 Å². The van der Waals surface area contributed by atoms with E-state index < -0.39 is 0 Å². The van der Waals surface area contributed by atoms with E-state index in [4.69, 9.17) is 4.74 Å². The second kappa shape index (κ2) is 4.82. The van der Waals surface area contributed by atoms with E-state index in [0.717, 1.165) is 0 Å². The van der Waals surface area contributed by atoms with Crippen LogP contribution in [0.15, 0.2) is 0 Å². The number of hydrogen-bond acceptors (Lipinski definition) is 2. The van der Waals surface area contributed by atoms with Crippen LogP contribution in [-0.2, 0) is 9.53 Å². The molecule has 0 bridgehead atoms. The van der Waals surface area contributed by atoms with Gasteiger partial charge in [0.15, 0.2) is 0 Å². The van der Waals surface area contributed by atoms with Crippen molar-refractivity contribution < 1.29 is 29.8 Å². The summed E-state index contributed by atoms with van der Waals surface area (Å²) in [5.74, 6) is -0.137. The number of hydrogen-bond donors (Lipinski definition) is 0. The minimum Gasteiger partial charge on any atom is -1.00 e. The Hall–Kier alpha value is 0.0674. The van der Waals surface area contributed by atoms with Gasteiger partial charge in [0.1, 0.15) is 5.60 Å². The van der Waals surface area contributed by atoms with Crippen molar-refractivity contribution in [2.45, 2.75) is 39.7 Å². The molecular formula is C7H15LiO2. The molecule has 2 nitrogen and oxygen atoms in total. The van der Waals surface area contributed by atoms with Crippen LogP contribution in [-0.4, -0.2) is 11.6 Å². The van der Waals surface area contributed by atoms with E-state index in [1.54, 1.807) is 6.92 Å². The van der Waals surface area contributed by atoms with Gasteiger partial charge in [0.25, 0.3) is 0 Å². The molecule has 0 aromatic heterocycles. The van der Waals surface area contributed by atoms with Crippen molar-refractivity contribution in [2.75, 3.05) is 0 Å². The number of rotatable bonds is 1. The summed E-state index contributed by atoms with van der Waals surface area (Å²) in [6.07, 6.45) is 0.456. The maximum absolute atomic E-state index is 10.6. The largest absolute Gasteiger partial charge is 1.00 e. The second-order valence-corrected chi connectivity index (χ2v) is 2.94. The minimum atomic E-state index is -0.326. The second-order valence-electron chi connectivity index (χ2n) is 2.94. The molecule has 0 heterocycles. The van der Waals surface area contributed by atoms with E-state index in [9.17, 15) is 4.79 Å². The maximum atomic E-state index is 10.6. The number of carbonyl (C=O) groups excluding carboxylic acids is 1. The topological polar surface area (TPSA) is 26.3 Å². The average Bonchev–Trinajstić information content (AvgIpc) is 1.62. The number of carbonyl (C=O) groups is 1. The van der Waals surface area contributed by atoms with Crippen LogP contribution >= 0.6 is 0 Å². The molecule has 56 valence electrons. The third kappa shape index (κ3) is 8.07. The van der Waals surface area contributed by atoms with Crippen molar-refractivity contribution in [2.24, 2.45) is 0 Å². The molecule has 0 aromatic carbocycles. The van der Waals surface area contributed by atoms with E-state index in [-0.39, 0.29) is 31.9 Å². The van der Waals surface area contributed by atoms with Crippen molar-refractivity contribution in [3.05, 3.63) is 0 Å². The monoisotopic (exact) mass is 138 g/mol. The van der Waals surface area contributed by atoms with Crippen molar-refractivity contribution in [3.8, 4) is 0 Å². The smallest absolute Gasteiger partial charge is 1.00 e. The average molecular weight is 138 g/mol. The summed E-state index contributed by atoms with van der Waals surface area (Å²) in [6.45, 7) is 7.37. The van der Waals surface area contributed by atoms with Crippen LogP contribution in [0.1, 0.15) is 35.5 Å². The molecule has 0 spiro atoms. The van der Waals surface area contributed by atoms with Crippen LogP contribution in [0.2, 0.25) is 0 Å². The van der Waals surface area contributed by atoms with Gasteiger partial charge in [-0.3, -0.25) is 4.79 Å². The third-order valence-electron chi connectivity index (χ3n) is 0.709. The first-order chi connectivity index (χ1) is 3.95. The molecule has 0 N–H and O–H groups in total. The zero-order chi connectivity index (χ0) is 7.49. The Kier molecular flexibility index (Phi) is 6.13. The van der Waals surface area contributed by atoms with Crippen molar-refractivity contribution >= 4 is 5.97 Å². The molecule has 0 radical (unpaired) electrons. The summed E-state index contributed by atoms with van der Waals surface area (Å²) in [6, 6.07) is 0. The van der Waals surface area contributed by atoms with Crippen LogP contribution in [0.5, 0.6) is 0 Å². The fourth-order valence-electron chi connectivity index (χ4n) is 0.414. The molecule has 0 rings (SSSR count). The van der Waals surface area contributed by atoms with Gasteiger partial charge in [-0.15, -0.1) is 0 Å². The van der Waals surface area contributed by atoms with Crippen molar-refractivity contribution in [3.63, 3.8) is 0 Å². The molecule has 0 amide bonds. The number of ether oxygens (including phenoxy) is 1. The molecule has 0 saturated heterocycles. The SMILES string of the molecule is CCC(=O)OC(C)(C)C.[H-].[Li+]. The van der Waals surface area contributed by atoms with E-state index >= 15 is 0 Å². The Balaban J connectivity index is -0.000000320. The summed E-state index contributed by atoms with van der Waals surface area (Å²) < 4.78 is 4.95. The van der Waals surface area contributed by atoms with Crippen LogP contribution in [0, 0.1) is 0 Å². The first kappa shape index (κ1) is 12.7. The van der Waals surface area contributed by atoms with Crippen molar-refractivity contribution in [1.29, 1.82) is 0 Å².